The normalized spacial score (nSPS) is 16.1. The highest BCUT2D eigenvalue weighted by Crippen LogP contribution is 2.38. The lowest BCUT2D eigenvalue weighted by Crippen LogP contribution is -2.50. The molecule has 0 spiro atoms. The third kappa shape index (κ3) is 5.12. The van der Waals surface area contributed by atoms with Crippen molar-refractivity contribution in [3.63, 3.8) is 0 Å². The zero-order chi connectivity index (χ0) is 21.2. The molecule has 1 saturated heterocycles. The number of rotatable bonds is 4. The number of hydrogen-bond donors (Lipinski definition) is 0. The number of nitrogens with zero attached hydrogens (tertiary/aromatic N) is 2. The molecule has 2 aromatic carbocycles. The van der Waals surface area contributed by atoms with Crippen LogP contribution in [-0.2, 0) is 10.0 Å². The number of aryl methyl sites for hydroxylation is 1. The third-order valence-electron chi connectivity index (χ3n) is 4.53. The van der Waals surface area contributed by atoms with Crippen molar-refractivity contribution in [2.24, 2.45) is 0 Å². The summed E-state index contributed by atoms with van der Waals surface area (Å²) >= 11 is -0.331. The second kappa shape index (κ2) is 8.37. The highest BCUT2D eigenvalue weighted by atomic mass is 32.2. The average Bonchev–Trinajstić information content (AvgIpc) is 2.67. The second-order valence-corrected chi connectivity index (χ2v) is 9.60. The molecule has 1 heterocycles. The van der Waals surface area contributed by atoms with Crippen LogP contribution in [0.25, 0.3) is 0 Å². The quantitative estimate of drug-likeness (QED) is 0.674. The summed E-state index contributed by atoms with van der Waals surface area (Å²) in [6.45, 7) is 2.23. The summed E-state index contributed by atoms with van der Waals surface area (Å²) in [7, 11) is -3.68. The maximum Gasteiger partial charge on any atom is 0.446 e. The summed E-state index contributed by atoms with van der Waals surface area (Å²) < 4.78 is 65.1. The van der Waals surface area contributed by atoms with Crippen molar-refractivity contribution in [2.75, 3.05) is 26.2 Å². The van der Waals surface area contributed by atoms with Crippen molar-refractivity contribution in [3.8, 4) is 0 Å². The molecule has 0 aliphatic carbocycles. The van der Waals surface area contributed by atoms with Crippen LogP contribution in [0.15, 0.2) is 58.3 Å². The molecule has 0 unspecified atom stereocenters. The van der Waals surface area contributed by atoms with E-state index in [1.165, 1.54) is 45.6 Å². The predicted molar refractivity (Wildman–Crippen MR) is 104 cm³/mol. The second-order valence-electron chi connectivity index (χ2n) is 6.55. The Morgan fingerprint density at radius 2 is 1.55 bits per heavy atom. The average molecular weight is 445 g/mol. The maximum absolute atomic E-state index is 12.8. The van der Waals surface area contributed by atoms with Gasteiger partial charge in [0.1, 0.15) is 0 Å². The van der Waals surface area contributed by atoms with E-state index in [-0.39, 0.29) is 53.3 Å². The molecule has 5 nitrogen and oxygen atoms in total. The van der Waals surface area contributed by atoms with Gasteiger partial charge in [0.15, 0.2) is 0 Å². The van der Waals surface area contributed by atoms with Crippen LogP contribution in [0, 0.1) is 6.92 Å². The largest absolute Gasteiger partial charge is 0.446 e. The van der Waals surface area contributed by atoms with Gasteiger partial charge in [0.2, 0.25) is 10.0 Å². The van der Waals surface area contributed by atoms with E-state index < -0.39 is 21.4 Å². The predicted octanol–water partition coefficient (Wildman–Crippen LogP) is 3.75. The lowest BCUT2D eigenvalue weighted by atomic mass is 10.2. The molecule has 0 bridgehead atoms. The number of amides is 1. The fraction of sp³-hybridized carbons (Fsp3) is 0.316. The topological polar surface area (TPSA) is 57.7 Å². The van der Waals surface area contributed by atoms with Crippen LogP contribution in [0.1, 0.15) is 15.9 Å². The number of carbonyl (C=O) groups excluding carboxylic acids is 1. The van der Waals surface area contributed by atoms with Gasteiger partial charge in [-0.15, -0.1) is 0 Å². The summed E-state index contributed by atoms with van der Waals surface area (Å²) in [4.78, 5) is 14.1. The van der Waals surface area contributed by atoms with E-state index >= 15 is 0 Å². The van der Waals surface area contributed by atoms with Crippen molar-refractivity contribution in [1.82, 2.24) is 9.21 Å². The van der Waals surface area contributed by atoms with Crippen LogP contribution in [-0.4, -0.2) is 55.2 Å². The highest BCUT2D eigenvalue weighted by Gasteiger charge is 2.34. The minimum atomic E-state index is -4.50. The molecule has 2 aromatic rings. The smallest absolute Gasteiger partial charge is 0.336 e. The number of alkyl halides is 3. The summed E-state index contributed by atoms with van der Waals surface area (Å²) in [5.74, 6) is -0.537. The van der Waals surface area contributed by atoms with Gasteiger partial charge in [-0.2, -0.15) is 17.5 Å². The number of benzene rings is 2. The summed E-state index contributed by atoms with van der Waals surface area (Å²) in [6.07, 6.45) is 0. The van der Waals surface area contributed by atoms with Crippen molar-refractivity contribution >= 4 is 27.7 Å². The van der Waals surface area contributed by atoms with Gasteiger partial charge < -0.3 is 4.90 Å². The van der Waals surface area contributed by atoms with Gasteiger partial charge in [0.05, 0.1) is 10.5 Å². The first-order valence-corrected chi connectivity index (χ1v) is 11.0. The number of halogens is 3. The first-order valence-electron chi connectivity index (χ1n) is 8.79. The van der Waals surface area contributed by atoms with Crippen LogP contribution in [0.3, 0.4) is 0 Å². The van der Waals surface area contributed by atoms with Gasteiger partial charge in [-0.25, -0.2) is 8.42 Å². The van der Waals surface area contributed by atoms with Crippen LogP contribution in [0.4, 0.5) is 13.2 Å². The lowest BCUT2D eigenvalue weighted by Gasteiger charge is -2.34. The molecule has 0 radical (unpaired) electrons. The Labute approximate surface area is 171 Å². The number of sulfonamides is 1. The molecule has 1 aliphatic rings. The molecule has 0 saturated carbocycles. The van der Waals surface area contributed by atoms with E-state index in [0.717, 1.165) is 5.56 Å². The van der Waals surface area contributed by atoms with Crippen LogP contribution < -0.4 is 0 Å². The number of thioether (sulfide) groups is 1. The van der Waals surface area contributed by atoms with Crippen LogP contribution in [0.5, 0.6) is 0 Å². The van der Waals surface area contributed by atoms with Gasteiger partial charge in [-0.1, -0.05) is 29.8 Å². The molecule has 0 aromatic heterocycles. The molecule has 156 valence electrons. The van der Waals surface area contributed by atoms with Crippen LogP contribution in [0.2, 0.25) is 0 Å². The number of carbonyl (C=O) groups is 1. The molecule has 1 fully saturated rings. The standard InChI is InChI=1S/C19H19F3N2O3S2/c1-14-6-8-15(9-7-14)29(26,27)24-12-10-23(11-13-24)18(25)16-4-2-3-5-17(16)28-19(20,21)22/h2-9H,10-13H2,1H3. The highest BCUT2D eigenvalue weighted by molar-refractivity contribution is 8.00. The SMILES string of the molecule is Cc1ccc(S(=O)(=O)N2CCN(C(=O)c3ccccc3SC(F)(F)F)CC2)cc1. The Morgan fingerprint density at radius 3 is 2.14 bits per heavy atom. The molecular formula is C19H19F3N2O3S2. The fourth-order valence-electron chi connectivity index (χ4n) is 3.02. The van der Waals surface area contributed by atoms with Gasteiger partial charge in [0, 0.05) is 31.1 Å². The van der Waals surface area contributed by atoms with Gasteiger partial charge in [-0.05, 0) is 43.0 Å². The molecule has 1 amide bonds. The van der Waals surface area contributed by atoms with Crippen LogP contribution >= 0.6 is 11.8 Å². The molecular weight excluding hydrogens is 425 g/mol. The maximum atomic E-state index is 12.8. The summed E-state index contributed by atoms with van der Waals surface area (Å²) in [5, 5.41) is 0. The Bertz CT molecular complexity index is 985. The van der Waals surface area contributed by atoms with E-state index in [1.807, 2.05) is 6.92 Å². The molecule has 29 heavy (non-hydrogen) atoms. The Morgan fingerprint density at radius 1 is 0.966 bits per heavy atom. The fourth-order valence-corrected chi connectivity index (χ4v) is 5.10. The monoisotopic (exact) mass is 444 g/mol. The molecule has 1 aliphatic heterocycles. The van der Waals surface area contributed by atoms with Crippen molar-refractivity contribution in [2.45, 2.75) is 22.2 Å². The van der Waals surface area contributed by atoms with E-state index in [1.54, 1.807) is 12.1 Å². The number of piperazine rings is 1. The Kier molecular flexibility index (Phi) is 6.25. The van der Waals surface area contributed by atoms with Gasteiger partial charge >= 0.3 is 5.51 Å². The van der Waals surface area contributed by atoms with E-state index in [0.29, 0.717) is 0 Å². The molecule has 10 heteroatoms. The van der Waals surface area contributed by atoms with Crippen molar-refractivity contribution in [1.29, 1.82) is 0 Å². The van der Waals surface area contributed by atoms with Crippen molar-refractivity contribution < 1.29 is 26.4 Å². The van der Waals surface area contributed by atoms with E-state index in [9.17, 15) is 26.4 Å². The minimum absolute atomic E-state index is 0.0373. The van der Waals surface area contributed by atoms with Gasteiger partial charge in [-0.3, -0.25) is 4.79 Å². The minimum Gasteiger partial charge on any atom is -0.336 e. The summed E-state index contributed by atoms with van der Waals surface area (Å²) in [6, 6.07) is 12.0. The Hall–Kier alpha value is -2.04. The zero-order valence-electron chi connectivity index (χ0n) is 15.5. The van der Waals surface area contributed by atoms with Gasteiger partial charge in [0.25, 0.3) is 5.91 Å². The first-order chi connectivity index (χ1) is 13.6. The summed E-state index contributed by atoms with van der Waals surface area (Å²) in [5.41, 5.74) is -3.60. The van der Waals surface area contributed by atoms with E-state index in [2.05, 4.69) is 0 Å². The third-order valence-corrected chi connectivity index (χ3v) is 7.25. The molecule has 0 N–H and O–H groups in total. The first kappa shape index (κ1) is 21.7. The number of hydrogen-bond acceptors (Lipinski definition) is 4. The van der Waals surface area contributed by atoms with Crippen molar-refractivity contribution in [3.05, 3.63) is 59.7 Å². The zero-order valence-corrected chi connectivity index (χ0v) is 17.1. The lowest BCUT2D eigenvalue weighted by molar-refractivity contribution is -0.0328. The van der Waals surface area contributed by atoms with E-state index in [4.69, 9.17) is 0 Å². The molecule has 3 rings (SSSR count). The Balaban J connectivity index is 1.71. The molecule has 0 atom stereocenters.